The Bertz CT molecular complexity index is 446. The standard InChI is InChI=1S/C15H24N4O/c1-4-7-16-14-6-5-13(10-17-14)15(20)19-9-8-18(3)11-12(19)2/h5-6,10,12H,4,7-9,11H2,1-3H3,(H,16,17). The number of carbonyl (C=O) groups is 1. The molecule has 5 heteroatoms. The molecule has 0 aromatic carbocycles. The van der Waals surface area contributed by atoms with E-state index in [4.69, 9.17) is 0 Å². The number of hydrogen-bond acceptors (Lipinski definition) is 4. The maximum atomic E-state index is 12.5. The zero-order valence-corrected chi connectivity index (χ0v) is 12.6. The molecule has 1 aromatic rings. The Hall–Kier alpha value is -1.62. The lowest BCUT2D eigenvalue weighted by atomic mass is 10.1. The van der Waals surface area contributed by atoms with Gasteiger partial charge in [-0.2, -0.15) is 0 Å². The van der Waals surface area contributed by atoms with Crippen molar-refractivity contribution in [3.05, 3.63) is 23.9 Å². The summed E-state index contributed by atoms with van der Waals surface area (Å²) < 4.78 is 0. The molecule has 1 aliphatic heterocycles. The molecule has 1 N–H and O–H groups in total. The predicted molar refractivity (Wildman–Crippen MR) is 81.0 cm³/mol. The molecule has 0 aliphatic carbocycles. The summed E-state index contributed by atoms with van der Waals surface area (Å²) >= 11 is 0. The van der Waals surface area contributed by atoms with Crippen LogP contribution in [-0.2, 0) is 0 Å². The first-order valence-electron chi connectivity index (χ1n) is 7.31. The van der Waals surface area contributed by atoms with Crippen LogP contribution in [0.2, 0.25) is 0 Å². The van der Waals surface area contributed by atoms with Crippen LogP contribution in [0.1, 0.15) is 30.6 Å². The molecule has 110 valence electrons. The molecule has 1 aromatic heterocycles. The van der Waals surface area contributed by atoms with Gasteiger partial charge in [0.15, 0.2) is 0 Å². The SMILES string of the molecule is CCCNc1ccc(C(=O)N2CCN(C)CC2C)cn1. The Balaban J connectivity index is 2.01. The van der Waals surface area contributed by atoms with Gasteiger partial charge in [0.2, 0.25) is 0 Å². The van der Waals surface area contributed by atoms with E-state index < -0.39 is 0 Å². The summed E-state index contributed by atoms with van der Waals surface area (Å²) in [6.45, 7) is 7.74. The van der Waals surface area contributed by atoms with Crippen LogP contribution in [0.25, 0.3) is 0 Å². The van der Waals surface area contributed by atoms with E-state index in [1.54, 1.807) is 6.20 Å². The van der Waals surface area contributed by atoms with Gasteiger partial charge in [-0.3, -0.25) is 4.79 Å². The Labute approximate surface area is 121 Å². The van der Waals surface area contributed by atoms with Gasteiger partial charge >= 0.3 is 0 Å². The maximum Gasteiger partial charge on any atom is 0.255 e. The molecule has 20 heavy (non-hydrogen) atoms. The largest absolute Gasteiger partial charge is 0.370 e. The lowest BCUT2D eigenvalue weighted by Gasteiger charge is -2.38. The van der Waals surface area contributed by atoms with Crippen molar-refractivity contribution in [1.29, 1.82) is 0 Å². The van der Waals surface area contributed by atoms with Crippen molar-refractivity contribution < 1.29 is 4.79 Å². The maximum absolute atomic E-state index is 12.5. The number of amides is 1. The summed E-state index contributed by atoms with van der Waals surface area (Å²) in [7, 11) is 2.09. The first kappa shape index (κ1) is 14.8. The Morgan fingerprint density at radius 2 is 2.25 bits per heavy atom. The number of nitrogens with one attached hydrogen (secondary N) is 1. The van der Waals surface area contributed by atoms with Gasteiger partial charge in [-0.25, -0.2) is 4.98 Å². The van der Waals surface area contributed by atoms with Crippen molar-refractivity contribution in [1.82, 2.24) is 14.8 Å². The molecule has 1 amide bonds. The first-order valence-corrected chi connectivity index (χ1v) is 7.31. The van der Waals surface area contributed by atoms with E-state index in [0.717, 1.165) is 38.4 Å². The van der Waals surface area contributed by atoms with Crippen LogP contribution in [0, 0.1) is 0 Å². The number of rotatable bonds is 4. The lowest BCUT2D eigenvalue weighted by Crippen LogP contribution is -2.52. The molecule has 2 rings (SSSR count). The van der Waals surface area contributed by atoms with Crippen molar-refractivity contribution >= 4 is 11.7 Å². The lowest BCUT2D eigenvalue weighted by molar-refractivity contribution is 0.0533. The highest BCUT2D eigenvalue weighted by Crippen LogP contribution is 2.14. The average molecular weight is 276 g/mol. The summed E-state index contributed by atoms with van der Waals surface area (Å²) in [5.41, 5.74) is 0.670. The summed E-state index contributed by atoms with van der Waals surface area (Å²) in [6, 6.07) is 3.99. The smallest absolute Gasteiger partial charge is 0.255 e. The van der Waals surface area contributed by atoms with Gasteiger partial charge in [-0.15, -0.1) is 0 Å². The minimum Gasteiger partial charge on any atom is -0.370 e. The van der Waals surface area contributed by atoms with Gasteiger partial charge in [0, 0.05) is 38.4 Å². The van der Waals surface area contributed by atoms with Gasteiger partial charge in [0.05, 0.1) is 5.56 Å². The van der Waals surface area contributed by atoms with Crippen LogP contribution >= 0.6 is 0 Å². The summed E-state index contributed by atoms with van der Waals surface area (Å²) in [6.07, 6.45) is 2.73. The van der Waals surface area contributed by atoms with Crippen molar-refractivity contribution in [3.63, 3.8) is 0 Å². The molecule has 2 heterocycles. The van der Waals surface area contributed by atoms with Crippen LogP contribution in [0.15, 0.2) is 18.3 Å². The highest BCUT2D eigenvalue weighted by atomic mass is 16.2. The number of anilines is 1. The second-order valence-corrected chi connectivity index (χ2v) is 5.47. The highest BCUT2D eigenvalue weighted by molar-refractivity contribution is 5.94. The summed E-state index contributed by atoms with van der Waals surface area (Å²) in [5.74, 6) is 0.912. The Kier molecular flexibility index (Phi) is 4.95. The fraction of sp³-hybridized carbons (Fsp3) is 0.600. The second-order valence-electron chi connectivity index (χ2n) is 5.47. The molecule has 0 bridgehead atoms. The van der Waals surface area contributed by atoms with E-state index in [-0.39, 0.29) is 11.9 Å². The van der Waals surface area contributed by atoms with Crippen LogP contribution in [0.4, 0.5) is 5.82 Å². The first-order chi connectivity index (χ1) is 9.61. The third kappa shape index (κ3) is 3.48. The van der Waals surface area contributed by atoms with Gasteiger partial charge in [-0.1, -0.05) is 6.92 Å². The van der Waals surface area contributed by atoms with Crippen molar-refractivity contribution in [2.45, 2.75) is 26.3 Å². The van der Waals surface area contributed by atoms with E-state index in [0.29, 0.717) is 5.56 Å². The number of carbonyl (C=O) groups excluding carboxylic acids is 1. The van der Waals surface area contributed by atoms with Crippen LogP contribution < -0.4 is 5.32 Å². The van der Waals surface area contributed by atoms with E-state index in [1.165, 1.54) is 0 Å². The van der Waals surface area contributed by atoms with Crippen molar-refractivity contribution in [2.75, 3.05) is 38.5 Å². The Morgan fingerprint density at radius 3 is 2.85 bits per heavy atom. The summed E-state index contributed by atoms with van der Waals surface area (Å²) in [5, 5.41) is 3.21. The Morgan fingerprint density at radius 1 is 1.45 bits per heavy atom. The van der Waals surface area contributed by atoms with Gasteiger partial charge < -0.3 is 15.1 Å². The molecule has 5 nitrogen and oxygen atoms in total. The molecular weight excluding hydrogens is 252 g/mol. The number of hydrogen-bond donors (Lipinski definition) is 1. The number of aromatic nitrogens is 1. The fourth-order valence-electron chi connectivity index (χ4n) is 2.49. The molecule has 0 saturated carbocycles. The van der Waals surface area contributed by atoms with E-state index in [9.17, 15) is 4.79 Å². The number of likely N-dealkylation sites (N-methyl/N-ethyl adjacent to an activating group) is 1. The molecule has 0 radical (unpaired) electrons. The molecule has 1 fully saturated rings. The van der Waals surface area contributed by atoms with Gasteiger partial charge in [0.25, 0.3) is 5.91 Å². The highest BCUT2D eigenvalue weighted by Gasteiger charge is 2.26. The fourth-order valence-corrected chi connectivity index (χ4v) is 2.49. The minimum absolute atomic E-state index is 0.0835. The van der Waals surface area contributed by atoms with Crippen LogP contribution in [0.3, 0.4) is 0 Å². The van der Waals surface area contributed by atoms with Crippen LogP contribution in [-0.4, -0.2) is 60.0 Å². The van der Waals surface area contributed by atoms with Crippen molar-refractivity contribution in [2.24, 2.45) is 0 Å². The van der Waals surface area contributed by atoms with Gasteiger partial charge in [-0.05, 0) is 32.5 Å². The zero-order chi connectivity index (χ0) is 14.5. The number of pyridine rings is 1. The summed E-state index contributed by atoms with van der Waals surface area (Å²) in [4.78, 5) is 21.0. The van der Waals surface area contributed by atoms with E-state index in [1.807, 2.05) is 17.0 Å². The number of nitrogens with zero attached hydrogens (tertiary/aromatic N) is 3. The third-order valence-electron chi connectivity index (χ3n) is 3.66. The second kappa shape index (κ2) is 6.70. The molecular formula is C15H24N4O. The zero-order valence-electron chi connectivity index (χ0n) is 12.6. The molecule has 0 spiro atoms. The van der Waals surface area contributed by atoms with Crippen LogP contribution in [0.5, 0.6) is 0 Å². The monoisotopic (exact) mass is 276 g/mol. The quantitative estimate of drug-likeness (QED) is 0.909. The molecule has 1 saturated heterocycles. The number of piperazine rings is 1. The van der Waals surface area contributed by atoms with Crippen molar-refractivity contribution in [3.8, 4) is 0 Å². The third-order valence-corrected chi connectivity index (χ3v) is 3.66. The molecule has 1 unspecified atom stereocenters. The topological polar surface area (TPSA) is 48.5 Å². The van der Waals surface area contributed by atoms with E-state index in [2.05, 4.69) is 36.1 Å². The minimum atomic E-state index is 0.0835. The molecule has 1 aliphatic rings. The normalized spacial score (nSPS) is 19.9. The average Bonchev–Trinajstić information content (AvgIpc) is 2.45. The van der Waals surface area contributed by atoms with E-state index >= 15 is 0 Å². The predicted octanol–water partition coefficient (Wildman–Crippen LogP) is 1.68. The molecule has 1 atom stereocenters. The van der Waals surface area contributed by atoms with Gasteiger partial charge in [0.1, 0.15) is 5.82 Å².